The molecule has 7 N–H and O–H groups in total. The summed E-state index contributed by atoms with van der Waals surface area (Å²) in [4.78, 5) is 46.9. The predicted octanol–water partition coefficient (Wildman–Crippen LogP) is 3.36. The average Bonchev–Trinajstić information content (AvgIpc) is 3.04. The minimum Gasteiger partial charge on any atom is -0.481 e. The Bertz CT molecular complexity index is 1270. The van der Waals surface area contributed by atoms with E-state index in [1.54, 1.807) is 37.3 Å². The minimum atomic E-state index is -1.89. The summed E-state index contributed by atoms with van der Waals surface area (Å²) in [5.74, 6) is -4.01. The molecule has 1 saturated carbocycles. The molecule has 0 spiro atoms. The fourth-order valence-electron chi connectivity index (χ4n) is 4.62. The van der Waals surface area contributed by atoms with Gasteiger partial charge in [0.15, 0.2) is 5.78 Å². The molecule has 0 aromatic heterocycles. The van der Waals surface area contributed by atoms with Crippen molar-refractivity contribution >= 4 is 59.6 Å². The van der Waals surface area contributed by atoms with E-state index in [0.29, 0.717) is 12.8 Å². The summed E-state index contributed by atoms with van der Waals surface area (Å²) < 4.78 is 10.0. The molecule has 0 heterocycles. The number of carbonyl (C=O) groups is 4. The number of Topliss-reactive ketones (excluding diaryl/α,β-unsaturated/α-hetero) is 1. The van der Waals surface area contributed by atoms with Crippen molar-refractivity contribution in [2.24, 2.45) is 23.5 Å². The lowest BCUT2D eigenvalue weighted by molar-refractivity contribution is -0.147. The fourth-order valence-corrected chi connectivity index (χ4v) is 5.17. The molecule has 15 heteroatoms. The minimum absolute atomic E-state index is 0.0642. The van der Waals surface area contributed by atoms with E-state index in [4.69, 9.17) is 38.4 Å². The molecule has 0 bridgehead atoms. The number of rotatable bonds is 19. The van der Waals surface area contributed by atoms with Crippen LogP contribution < -0.4 is 5.73 Å². The molecule has 0 aromatic rings. The maximum Gasteiger partial charge on any atom is 0.405 e. The third-order valence-electron chi connectivity index (χ3n) is 7.54. The molecule has 12 nitrogen and oxygen atoms in total. The lowest BCUT2D eigenvalue weighted by Gasteiger charge is -2.30. The molecular weight excluding hydrogens is 689 g/mol. The number of carboxylic acid groups (broad SMARTS) is 1. The largest absolute Gasteiger partial charge is 0.481 e. The van der Waals surface area contributed by atoms with Crippen molar-refractivity contribution < 1.29 is 54.2 Å². The Morgan fingerprint density at radius 3 is 2.31 bits per heavy atom. The number of halogens is 2. The first-order valence-corrected chi connectivity index (χ1v) is 16.6. The first-order chi connectivity index (χ1) is 22.6. The van der Waals surface area contributed by atoms with Gasteiger partial charge in [-0.15, -0.1) is 11.6 Å². The quantitative estimate of drug-likeness (QED) is 0.0255. The van der Waals surface area contributed by atoms with Crippen LogP contribution in [-0.4, -0.2) is 97.6 Å². The van der Waals surface area contributed by atoms with Gasteiger partial charge in [0, 0.05) is 35.1 Å². The van der Waals surface area contributed by atoms with Crippen LogP contribution in [0.4, 0.5) is 4.79 Å². The number of ether oxygens (including phenoxy) is 2. The van der Waals surface area contributed by atoms with Crippen LogP contribution in [0.1, 0.15) is 39.5 Å². The van der Waals surface area contributed by atoms with Crippen LogP contribution in [0.2, 0.25) is 0 Å². The molecule has 9 atom stereocenters. The van der Waals surface area contributed by atoms with Crippen molar-refractivity contribution in [2.45, 2.75) is 75.4 Å². The number of esters is 1. The summed E-state index contributed by atoms with van der Waals surface area (Å²) in [5.41, 5.74) is 5.83. The van der Waals surface area contributed by atoms with E-state index in [1.807, 2.05) is 0 Å². The van der Waals surface area contributed by atoms with Crippen molar-refractivity contribution in [3.63, 3.8) is 0 Å². The summed E-state index contributed by atoms with van der Waals surface area (Å²) in [6.45, 7) is 3.23. The highest BCUT2D eigenvalue weighted by Gasteiger charge is 2.35. The molecule has 1 amide bonds. The number of hydrogen-bond donors (Lipinski definition) is 7. The van der Waals surface area contributed by atoms with Gasteiger partial charge in [-0.1, -0.05) is 66.6 Å². The van der Waals surface area contributed by atoms with Crippen LogP contribution >= 0.6 is 35.8 Å². The highest BCUT2D eigenvalue weighted by atomic mass is 35.5. The average molecular weight is 735 g/mol. The van der Waals surface area contributed by atoms with E-state index < -0.39 is 83.9 Å². The van der Waals surface area contributed by atoms with Crippen LogP contribution in [0.25, 0.3) is 0 Å². The Kier molecular flexibility index (Phi) is 20.4. The highest BCUT2D eigenvalue weighted by molar-refractivity contribution is 7.80. The molecule has 0 aliphatic heterocycles. The number of thiol groups is 1. The highest BCUT2D eigenvalue weighted by Crippen LogP contribution is 2.30. The maximum absolute atomic E-state index is 12.6. The third-order valence-corrected chi connectivity index (χ3v) is 8.76. The van der Waals surface area contributed by atoms with Crippen molar-refractivity contribution in [3.05, 3.63) is 71.4 Å². The van der Waals surface area contributed by atoms with Crippen LogP contribution in [0.15, 0.2) is 71.4 Å². The van der Waals surface area contributed by atoms with Gasteiger partial charge in [0.2, 0.25) is 0 Å². The molecule has 48 heavy (non-hydrogen) atoms. The lowest BCUT2D eigenvalue weighted by atomic mass is 9.80. The van der Waals surface area contributed by atoms with Crippen LogP contribution in [0.5, 0.6) is 0 Å². The number of carbonyl (C=O) groups excluding carboxylic acids is 3. The van der Waals surface area contributed by atoms with E-state index in [-0.39, 0.29) is 23.8 Å². The molecule has 1 fully saturated rings. The molecule has 1 rings (SSSR count). The first-order valence-electron chi connectivity index (χ1n) is 15.2. The number of carboxylic acids is 1. The van der Waals surface area contributed by atoms with Crippen molar-refractivity contribution in [1.29, 1.82) is 0 Å². The first kappa shape index (κ1) is 43.1. The zero-order valence-corrected chi connectivity index (χ0v) is 29.1. The van der Waals surface area contributed by atoms with E-state index in [0.717, 1.165) is 5.57 Å². The standard InChI is InChI=1S/C33H45Cl2NO11S/c1-19(9-4-6-12-28(40)46-18-22-16-21(32(43)44)13-14-24(22)37)8-3-5-10-23(34)20(2)30(41)31(42)26(39)17-25(38)29(35)27(11-7-15-48)47-33(36)45/h3-12,20-22,24-25,27,29-31,37-38,41-42,48H,13-18H2,1-2H3,(H2,36,45)(H,43,44)/b5-3+,9-4+,11-7+,12-6+,19-8+,23-10-/t20?,21-,22-,24-,25+,27+,29-,30+,31+/m0/s1. The van der Waals surface area contributed by atoms with Gasteiger partial charge >= 0.3 is 18.0 Å². The van der Waals surface area contributed by atoms with Crippen molar-refractivity contribution in [3.8, 4) is 0 Å². The lowest BCUT2D eigenvalue weighted by Crippen LogP contribution is -2.43. The van der Waals surface area contributed by atoms with Crippen LogP contribution in [0.3, 0.4) is 0 Å². The molecular formula is C33H45Cl2NO11S. The van der Waals surface area contributed by atoms with Gasteiger partial charge in [0.05, 0.1) is 30.8 Å². The topological polar surface area (TPSA) is 214 Å². The Morgan fingerprint density at radius 2 is 1.69 bits per heavy atom. The van der Waals surface area contributed by atoms with E-state index in [1.165, 1.54) is 37.3 Å². The smallest absolute Gasteiger partial charge is 0.405 e. The second-order valence-corrected chi connectivity index (χ2v) is 12.6. The second kappa shape index (κ2) is 22.7. The number of amides is 1. The molecule has 268 valence electrons. The molecule has 0 saturated heterocycles. The van der Waals surface area contributed by atoms with Crippen molar-refractivity contribution in [2.75, 3.05) is 12.4 Å². The summed E-state index contributed by atoms with van der Waals surface area (Å²) in [5, 5.41) is 49.4. The van der Waals surface area contributed by atoms with Gasteiger partial charge in [-0.25, -0.2) is 9.59 Å². The van der Waals surface area contributed by atoms with E-state index in [2.05, 4.69) is 12.6 Å². The van der Waals surface area contributed by atoms with Gasteiger partial charge in [0.25, 0.3) is 0 Å². The van der Waals surface area contributed by atoms with Gasteiger partial charge in [0.1, 0.15) is 17.6 Å². The molecule has 0 radical (unpaired) electrons. The fraction of sp³-hybridized carbons (Fsp3) is 0.515. The Balaban J connectivity index is 2.62. The molecule has 1 aliphatic rings. The number of allylic oxidation sites excluding steroid dienone is 8. The van der Waals surface area contributed by atoms with Gasteiger partial charge in [-0.3, -0.25) is 9.59 Å². The molecule has 1 unspecified atom stereocenters. The van der Waals surface area contributed by atoms with Crippen LogP contribution in [0, 0.1) is 17.8 Å². The van der Waals surface area contributed by atoms with E-state index in [9.17, 15) is 44.7 Å². The number of aliphatic hydroxyl groups excluding tert-OH is 4. The Morgan fingerprint density at radius 1 is 1.04 bits per heavy atom. The maximum atomic E-state index is 12.6. The number of primary amides is 1. The zero-order chi connectivity index (χ0) is 36.4. The normalized spacial score (nSPS) is 23.2. The predicted molar refractivity (Wildman–Crippen MR) is 184 cm³/mol. The number of ketones is 1. The summed E-state index contributed by atoms with van der Waals surface area (Å²) in [7, 11) is 0. The summed E-state index contributed by atoms with van der Waals surface area (Å²) in [6, 6.07) is 0. The van der Waals surface area contributed by atoms with E-state index >= 15 is 0 Å². The number of aliphatic carboxylic acids is 1. The van der Waals surface area contributed by atoms with Crippen molar-refractivity contribution in [1.82, 2.24) is 0 Å². The van der Waals surface area contributed by atoms with Crippen LogP contribution in [-0.2, 0) is 23.9 Å². The van der Waals surface area contributed by atoms with Gasteiger partial charge < -0.3 is 40.7 Å². The number of aliphatic hydroxyl groups is 4. The van der Waals surface area contributed by atoms with Gasteiger partial charge in [-0.05, 0) is 38.3 Å². The van der Waals surface area contributed by atoms with Gasteiger partial charge in [-0.2, -0.15) is 12.6 Å². The third kappa shape index (κ3) is 16.0. The summed E-state index contributed by atoms with van der Waals surface area (Å²) >= 11 is 16.4. The summed E-state index contributed by atoms with van der Waals surface area (Å²) in [6.07, 6.45) is 7.60. The monoisotopic (exact) mass is 733 g/mol. The molecule has 1 aliphatic carbocycles. The zero-order valence-electron chi connectivity index (χ0n) is 26.7. The SMILES string of the molecule is CC(/C=C/C=C/C(=O)OC[C@@H]1C[C@@H](C(=O)O)CC[C@@H]1O)=C\C=C\C=C(/Cl)C(C)[C@@H](O)[C@H](O)C(=O)C[C@@H](O)[C@H](Cl)[C@@H](/C=C/CS)OC(N)=O. The Labute approximate surface area is 295 Å². The molecule has 0 aromatic carbocycles. The second-order valence-electron chi connectivity index (χ2n) is 11.3. The number of alkyl halides is 1. The Hall–Kier alpha value is -2.91. The number of nitrogens with two attached hydrogens (primary N) is 1. The number of hydrogen-bond acceptors (Lipinski definition) is 11.